The fraction of sp³-hybridized carbons (Fsp3) is 0.520. The third-order valence-corrected chi connectivity index (χ3v) is 6.20. The Morgan fingerprint density at radius 1 is 1.24 bits per heavy atom. The zero-order valence-electron chi connectivity index (χ0n) is 19.7. The Bertz CT molecular complexity index is 1120. The molecule has 4 atom stereocenters. The van der Waals surface area contributed by atoms with Crippen LogP contribution in [0.1, 0.15) is 87.4 Å². The normalized spacial score (nSPS) is 20.8. The Morgan fingerprint density at radius 3 is 2.56 bits per heavy atom. The molecular weight excluding hydrogens is 443 g/mol. The molecule has 2 aromatic rings. The van der Waals surface area contributed by atoms with E-state index in [1.807, 2.05) is 43.1 Å². The van der Waals surface area contributed by atoms with Crippen LogP contribution in [-0.4, -0.2) is 33.5 Å². The highest BCUT2D eigenvalue weighted by molar-refractivity contribution is 5.96. The molecule has 0 bridgehead atoms. The van der Waals surface area contributed by atoms with Crippen molar-refractivity contribution in [3.8, 4) is 0 Å². The Labute approximate surface area is 197 Å². The number of ketones is 1. The second kappa shape index (κ2) is 11.4. The summed E-state index contributed by atoms with van der Waals surface area (Å²) in [6, 6.07) is 7.53. The predicted molar refractivity (Wildman–Crippen MR) is 123 cm³/mol. The molecule has 0 radical (unpaired) electrons. The molecule has 2 heterocycles. The van der Waals surface area contributed by atoms with E-state index in [0.717, 1.165) is 35.6 Å². The van der Waals surface area contributed by atoms with E-state index in [-0.39, 0.29) is 18.1 Å². The van der Waals surface area contributed by atoms with E-state index in [2.05, 4.69) is 0 Å². The van der Waals surface area contributed by atoms with Crippen molar-refractivity contribution in [3.63, 3.8) is 0 Å². The number of hydrogen-bond donors (Lipinski definition) is 1. The molecule has 0 saturated carbocycles. The SMILES string of the molecule is CCCCC(=O)c1ccc(C(CC)C[C@@H]2O[C@H](n3cc(F)c(=O)[nH]c3=O)CC2OC(C)=O)cc1. The van der Waals surface area contributed by atoms with Crippen molar-refractivity contribution in [2.75, 3.05) is 0 Å². The number of rotatable bonds is 10. The van der Waals surface area contributed by atoms with Crippen molar-refractivity contribution in [2.24, 2.45) is 0 Å². The predicted octanol–water partition coefficient (Wildman–Crippen LogP) is 3.85. The molecule has 0 spiro atoms. The highest BCUT2D eigenvalue weighted by Crippen LogP contribution is 2.37. The van der Waals surface area contributed by atoms with Gasteiger partial charge in [0.1, 0.15) is 12.3 Å². The lowest BCUT2D eigenvalue weighted by molar-refractivity contribution is -0.149. The summed E-state index contributed by atoms with van der Waals surface area (Å²) in [6.07, 6.45) is 2.52. The lowest BCUT2D eigenvalue weighted by atomic mass is 9.88. The van der Waals surface area contributed by atoms with E-state index in [1.165, 1.54) is 6.92 Å². The Kier molecular flexibility index (Phi) is 8.55. The summed E-state index contributed by atoms with van der Waals surface area (Å²) >= 11 is 0. The number of halogens is 1. The van der Waals surface area contributed by atoms with Crippen LogP contribution in [0, 0.1) is 5.82 Å². The molecule has 1 aliphatic rings. The molecule has 3 rings (SSSR count). The van der Waals surface area contributed by atoms with Gasteiger partial charge in [0, 0.05) is 25.3 Å². The maximum Gasteiger partial charge on any atom is 0.330 e. The standard InChI is InChI=1S/C25H31FN2O6/c1-4-6-7-20(30)18-10-8-17(9-11-18)16(5-2)12-21-22(33-15(3)29)13-23(34-21)28-14-19(26)24(31)27-25(28)32/h8-11,14,16,21-23H,4-7,12-13H2,1-3H3,(H,27,31,32)/t16?,21-,22?,23-/m0/s1. The number of carbonyl (C=O) groups is 2. The molecule has 1 N–H and O–H groups in total. The number of unbranched alkanes of at least 4 members (excludes halogenated alkanes) is 1. The van der Waals surface area contributed by atoms with Gasteiger partial charge in [-0.1, -0.05) is 44.5 Å². The molecular formula is C25H31FN2O6. The lowest BCUT2D eigenvalue weighted by Gasteiger charge is -2.24. The van der Waals surface area contributed by atoms with Gasteiger partial charge in [-0.25, -0.2) is 4.79 Å². The number of Topliss-reactive ketones (excluding diaryl/α,β-unsaturated/α-hetero) is 1. The monoisotopic (exact) mass is 474 g/mol. The van der Waals surface area contributed by atoms with E-state index in [9.17, 15) is 23.6 Å². The maximum atomic E-state index is 13.8. The van der Waals surface area contributed by atoms with Gasteiger partial charge in [0.2, 0.25) is 5.82 Å². The third kappa shape index (κ3) is 6.08. The summed E-state index contributed by atoms with van der Waals surface area (Å²) in [4.78, 5) is 49.4. The van der Waals surface area contributed by atoms with Crippen LogP contribution in [0.25, 0.3) is 0 Å². The fourth-order valence-corrected chi connectivity index (χ4v) is 4.34. The smallest absolute Gasteiger partial charge is 0.330 e. The van der Waals surface area contributed by atoms with Crippen LogP contribution in [0.15, 0.2) is 40.1 Å². The number of aromatic amines is 1. The molecule has 2 unspecified atom stereocenters. The number of benzene rings is 1. The Morgan fingerprint density at radius 2 is 1.94 bits per heavy atom. The minimum atomic E-state index is -1.10. The van der Waals surface area contributed by atoms with E-state index in [0.29, 0.717) is 18.4 Å². The molecule has 0 aliphatic carbocycles. The van der Waals surface area contributed by atoms with Crippen molar-refractivity contribution < 1.29 is 23.5 Å². The molecule has 1 aromatic carbocycles. The van der Waals surface area contributed by atoms with Gasteiger partial charge < -0.3 is 9.47 Å². The fourth-order valence-electron chi connectivity index (χ4n) is 4.34. The first-order chi connectivity index (χ1) is 16.2. The molecule has 1 aliphatic heterocycles. The van der Waals surface area contributed by atoms with Gasteiger partial charge >= 0.3 is 11.7 Å². The quantitative estimate of drug-likeness (QED) is 0.414. The number of nitrogens with zero attached hydrogens (tertiary/aromatic N) is 1. The topological polar surface area (TPSA) is 107 Å². The number of carbonyl (C=O) groups excluding carboxylic acids is 2. The zero-order chi connectivity index (χ0) is 24.8. The van der Waals surface area contributed by atoms with E-state index >= 15 is 0 Å². The number of nitrogens with one attached hydrogen (secondary N) is 1. The summed E-state index contributed by atoms with van der Waals surface area (Å²) in [5.41, 5.74) is -0.194. The van der Waals surface area contributed by atoms with Crippen LogP contribution in [-0.2, 0) is 14.3 Å². The average molecular weight is 475 g/mol. The zero-order valence-corrected chi connectivity index (χ0v) is 19.7. The Balaban J connectivity index is 1.78. The van der Waals surface area contributed by atoms with Crippen LogP contribution in [0.5, 0.6) is 0 Å². The minimum absolute atomic E-state index is 0.0469. The number of ether oxygens (including phenoxy) is 2. The van der Waals surface area contributed by atoms with E-state index in [1.54, 1.807) is 0 Å². The lowest BCUT2D eigenvalue weighted by Crippen LogP contribution is -2.33. The summed E-state index contributed by atoms with van der Waals surface area (Å²) in [5, 5.41) is 0. The van der Waals surface area contributed by atoms with Gasteiger partial charge in [0.15, 0.2) is 5.78 Å². The molecule has 34 heavy (non-hydrogen) atoms. The van der Waals surface area contributed by atoms with Crippen LogP contribution in [0.3, 0.4) is 0 Å². The van der Waals surface area contributed by atoms with Gasteiger partial charge in [-0.2, -0.15) is 4.39 Å². The molecule has 1 fully saturated rings. The van der Waals surface area contributed by atoms with Crippen molar-refractivity contribution in [3.05, 3.63) is 68.2 Å². The molecule has 1 saturated heterocycles. The summed E-state index contributed by atoms with van der Waals surface area (Å²) in [5.74, 6) is -1.42. The van der Waals surface area contributed by atoms with Gasteiger partial charge in [0.05, 0.1) is 12.3 Å². The molecule has 9 heteroatoms. The van der Waals surface area contributed by atoms with Crippen molar-refractivity contribution in [1.82, 2.24) is 9.55 Å². The van der Waals surface area contributed by atoms with Crippen molar-refractivity contribution in [1.29, 1.82) is 0 Å². The van der Waals surface area contributed by atoms with E-state index < -0.39 is 41.5 Å². The van der Waals surface area contributed by atoms with Gasteiger partial charge in [-0.15, -0.1) is 0 Å². The largest absolute Gasteiger partial charge is 0.460 e. The Hall–Kier alpha value is -3.07. The van der Waals surface area contributed by atoms with Gasteiger partial charge in [-0.05, 0) is 30.7 Å². The summed E-state index contributed by atoms with van der Waals surface area (Å²) in [7, 11) is 0. The summed E-state index contributed by atoms with van der Waals surface area (Å²) in [6.45, 7) is 5.37. The van der Waals surface area contributed by atoms with Gasteiger partial charge in [0.25, 0.3) is 5.56 Å². The number of hydrogen-bond acceptors (Lipinski definition) is 6. The molecule has 184 valence electrons. The minimum Gasteiger partial charge on any atom is -0.460 e. The summed E-state index contributed by atoms with van der Waals surface area (Å²) < 4.78 is 26.3. The van der Waals surface area contributed by atoms with E-state index in [4.69, 9.17) is 9.47 Å². The number of H-pyrrole nitrogens is 1. The van der Waals surface area contributed by atoms with Crippen LogP contribution in [0.2, 0.25) is 0 Å². The van der Waals surface area contributed by atoms with Crippen molar-refractivity contribution in [2.45, 2.75) is 83.6 Å². The number of aromatic nitrogens is 2. The second-order valence-corrected chi connectivity index (χ2v) is 8.65. The van der Waals surface area contributed by atoms with Crippen molar-refractivity contribution >= 4 is 11.8 Å². The maximum absolute atomic E-state index is 13.8. The van der Waals surface area contributed by atoms with Crippen LogP contribution < -0.4 is 11.2 Å². The first-order valence-corrected chi connectivity index (χ1v) is 11.7. The average Bonchev–Trinajstić information content (AvgIpc) is 3.19. The van der Waals surface area contributed by atoms with Gasteiger partial charge in [-0.3, -0.25) is 23.9 Å². The first-order valence-electron chi connectivity index (χ1n) is 11.7. The highest BCUT2D eigenvalue weighted by atomic mass is 19.1. The molecule has 0 amide bonds. The van der Waals surface area contributed by atoms with Crippen LogP contribution in [0.4, 0.5) is 4.39 Å². The second-order valence-electron chi connectivity index (χ2n) is 8.65. The number of esters is 1. The third-order valence-electron chi connectivity index (χ3n) is 6.20. The first kappa shape index (κ1) is 25.6. The molecule has 8 nitrogen and oxygen atoms in total. The molecule has 1 aromatic heterocycles. The van der Waals surface area contributed by atoms with Crippen LogP contribution >= 0.6 is 0 Å². The highest BCUT2D eigenvalue weighted by Gasteiger charge is 2.40.